The lowest BCUT2D eigenvalue weighted by molar-refractivity contribution is -0.145. The van der Waals surface area contributed by atoms with Crippen molar-refractivity contribution < 1.29 is 23.7 Å². The fourth-order valence-electron chi connectivity index (χ4n) is 5.90. The Bertz CT molecular complexity index is 1110. The van der Waals surface area contributed by atoms with Crippen molar-refractivity contribution in [3.63, 3.8) is 0 Å². The first-order valence-corrected chi connectivity index (χ1v) is 12.1. The summed E-state index contributed by atoms with van der Waals surface area (Å²) in [5, 5.41) is 1.26. The van der Waals surface area contributed by atoms with E-state index in [-0.39, 0.29) is 30.0 Å². The molecular weight excluding hydrogens is 434 g/mol. The second-order valence-corrected chi connectivity index (χ2v) is 9.86. The van der Waals surface area contributed by atoms with Crippen molar-refractivity contribution in [1.82, 2.24) is 14.8 Å². The zero-order valence-electron chi connectivity index (χ0n) is 20.7. The van der Waals surface area contributed by atoms with E-state index in [4.69, 9.17) is 18.9 Å². The number of fused-ring (bicyclic) bond motifs is 6. The van der Waals surface area contributed by atoms with E-state index in [1.54, 1.807) is 14.2 Å². The topological polar surface area (TPSA) is 76.3 Å². The maximum Gasteiger partial charge on any atom is 0.341 e. The van der Waals surface area contributed by atoms with Gasteiger partial charge in [-0.3, -0.25) is 4.90 Å². The zero-order chi connectivity index (χ0) is 24.0. The van der Waals surface area contributed by atoms with Gasteiger partial charge in [-0.05, 0) is 51.6 Å². The Kier molecular flexibility index (Phi) is 6.20. The SMILES string of the molecule is COC1=C(C(=O)OCCN(C)C)[C@H]2C[C@@H]3c4[nH]c5cc(OC)ccc5c4CCN3C[C@H]2[C@H](C)O1. The van der Waals surface area contributed by atoms with Crippen LogP contribution < -0.4 is 4.74 Å². The Hall–Kier alpha value is -2.71. The van der Waals surface area contributed by atoms with Crippen molar-refractivity contribution >= 4 is 16.9 Å². The summed E-state index contributed by atoms with van der Waals surface area (Å²) in [7, 11) is 7.18. The van der Waals surface area contributed by atoms with Gasteiger partial charge < -0.3 is 28.8 Å². The first kappa shape index (κ1) is 23.1. The third-order valence-corrected chi connectivity index (χ3v) is 7.67. The van der Waals surface area contributed by atoms with Gasteiger partial charge in [0.15, 0.2) is 0 Å². The Morgan fingerprint density at radius 2 is 2.09 bits per heavy atom. The van der Waals surface area contributed by atoms with Gasteiger partial charge in [0.25, 0.3) is 5.95 Å². The van der Waals surface area contributed by atoms with Crippen LogP contribution in [0.3, 0.4) is 0 Å². The Labute approximate surface area is 200 Å². The molecule has 3 aliphatic heterocycles. The lowest BCUT2D eigenvalue weighted by Gasteiger charge is -2.49. The Morgan fingerprint density at radius 1 is 1.26 bits per heavy atom. The molecule has 1 saturated heterocycles. The number of likely N-dealkylation sites (N-methyl/N-ethyl adjacent to an activating group) is 1. The minimum atomic E-state index is -0.327. The van der Waals surface area contributed by atoms with E-state index in [9.17, 15) is 4.79 Å². The lowest BCUT2D eigenvalue weighted by atomic mass is 9.72. The largest absolute Gasteiger partial charge is 0.497 e. The molecule has 0 spiro atoms. The molecule has 0 radical (unpaired) electrons. The van der Waals surface area contributed by atoms with Gasteiger partial charge in [-0.2, -0.15) is 0 Å². The van der Waals surface area contributed by atoms with E-state index < -0.39 is 0 Å². The van der Waals surface area contributed by atoms with Crippen LogP contribution in [0.2, 0.25) is 0 Å². The number of ether oxygens (including phenoxy) is 4. The standard InChI is InChI=1S/C26H35N3O5/c1-15-20-14-29-9-8-18-17-7-6-16(31-4)12-21(17)27-24(18)22(29)13-19(20)23(26(32-5)34-15)25(30)33-11-10-28(2)3/h6-7,12,15,19-20,22,27H,8-11,13-14H2,1-5H3/t15-,19-,20-,22+/m0/s1. The number of nitrogens with one attached hydrogen (secondary N) is 1. The molecule has 184 valence electrons. The quantitative estimate of drug-likeness (QED) is 0.652. The van der Waals surface area contributed by atoms with Crippen LogP contribution in [-0.2, 0) is 25.4 Å². The molecule has 4 heterocycles. The van der Waals surface area contributed by atoms with Crippen molar-refractivity contribution in [2.24, 2.45) is 11.8 Å². The van der Waals surface area contributed by atoms with Crippen LogP contribution in [0.15, 0.2) is 29.7 Å². The lowest BCUT2D eigenvalue weighted by Crippen LogP contribution is -2.52. The fourth-order valence-corrected chi connectivity index (χ4v) is 5.90. The van der Waals surface area contributed by atoms with Crippen LogP contribution in [0.4, 0.5) is 0 Å². The molecule has 0 bridgehead atoms. The average molecular weight is 470 g/mol. The summed E-state index contributed by atoms with van der Waals surface area (Å²) in [4.78, 5) is 21.5. The van der Waals surface area contributed by atoms with Gasteiger partial charge in [0.2, 0.25) is 0 Å². The van der Waals surface area contributed by atoms with Crippen LogP contribution in [0.5, 0.6) is 5.75 Å². The van der Waals surface area contributed by atoms with Crippen molar-refractivity contribution in [3.05, 3.63) is 41.0 Å². The number of benzene rings is 1. The number of nitrogens with zero attached hydrogens (tertiary/aromatic N) is 2. The van der Waals surface area contributed by atoms with E-state index in [2.05, 4.69) is 28.9 Å². The number of carbonyl (C=O) groups is 1. The summed E-state index contributed by atoms with van der Waals surface area (Å²) in [5.74, 6) is 1.05. The van der Waals surface area contributed by atoms with Gasteiger partial charge in [0.1, 0.15) is 24.0 Å². The smallest absolute Gasteiger partial charge is 0.341 e. The summed E-state index contributed by atoms with van der Waals surface area (Å²) < 4.78 is 22.7. The van der Waals surface area contributed by atoms with E-state index in [0.717, 1.165) is 37.2 Å². The summed E-state index contributed by atoms with van der Waals surface area (Å²) in [5.41, 5.74) is 4.29. The predicted molar refractivity (Wildman–Crippen MR) is 129 cm³/mol. The van der Waals surface area contributed by atoms with Gasteiger partial charge in [0, 0.05) is 54.1 Å². The summed E-state index contributed by atoms with van der Waals surface area (Å²) in [6, 6.07) is 6.44. The van der Waals surface area contributed by atoms with E-state index in [0.29, 0.717) is 24.7 Å². The fraction of sp³-hybridized carbons (Fsp3) is 0.577. The molecule has 4 atom stereocenters. The molecule has 1 aromatic heterocycles. The number of hydrogen-bond acceptors (Lipinski definition) is 7. The highest BCUT2D eigenvalue weighted by molar-refractivity contribution is 5.90. The number of aromatic amines is 1. The number of aromatic nitrogens is 1. The number of esters is 1. The summed E-state index contributed by atoms with van der Waals surface area (Å²) >= 11 is 0. The molecule has 1 N–H and O–H groups in total. The second kappa shape index (κ2) is 9.15. The highest BCUT2D eigenvalue weighted by atomic mass is 16.7. The number of hydrogen-bond donors (Lipinski definition) is 1. The Balaban J connectivity index is 1.48. The number of rotatable bonds is 6. The molecule has 8 heteroatoms. The number of carbonyl (C=O) groups excluding carboxylic acids is 1. The normalized spacial score (nSPS) is 26.5. The maximum atomic E-state index is 13.2. The molecule has 3 aliphatic rings. The number of methoxy groups -OCH3 is 2. The molecular formula is C26H35N3O5. The molecule has 1 fully saturated rings. The third-order valence-electron chi connectivity index (χ3n) is 7.67. The molecule has 0 saturated carbocycles. The number of piperidine rings is 1. The van der Waals surface area contributed by atoms with Crippen molar-refractivity contribution in [2.45, 2.75) is 31.9 Å². The predicted octanol–water partition coefficient (Wildman–Crippen LogP) is 3.09. The molecule has 34 heavy (non-hydrogen) atoms. The summed E-state index contributed by atoms with van der Waals surface area (Å²) in [6.07, 6.45) is 1.79. The first-order valence-electron chi connectivity index (χ1n) is 12.1. The Morgan fingerprint density at radius 3 is 2.82 bits per heavy atom. The zero-order valence-corrected chi connectivity index (χ0v) is 20.7. The van der Waals surface area contributed by atoms with Gasteiger partial charge in [-0.15, -0.1) is 0 Å². The van der Waals surface area contributed by atoms with Crippen LogP contribution in [0, 0.1) is 11.8 Å². The molecule has 1 aromatic carbocycles. The van der Waals surface area contributed by atoms with E-state index in [1.807, 2.05) is 25.1 Å². The maximum absolute atomic E-state index is 13.2. The molecule has 0 aliphatic carbocycles. The van der Waals surface area contributed by atoms with Crippen molar-refractivity contribution in [3.8, 4) is 5.75 Å². The summed E-state index contributed by atoms with van der Waals surface area (Å²) in [6.45, 7) is 4.96. The van der Waals surface area contributed by atoms with Crippen molar-refractivity contribution in [1.29, 1.82) is 0 Å². The second-order valence-electron chi connectivity index (χ2n) is 9.86. The van der Waals surface area contributed by atoms with Crippen LogP contribution >= 0.6 is 0 Å². The third kappa shape index (κ3) is 3.92. The monoisotopic (exact) mass is 469 g/mol. The van der Waals surface area contributed by atoms with Crippen LogP contribution in [0.25, 0.3) is 10.9 Å². The van der Waals surface area contributed by atoms with Gasteiger partial charge in [-0.1, -0.05) is 0 Å². The molecule has 2 aromatic rings. The molecule has 5 rings (SSSR count). The van der Waals surface area contributed by atoms with E-state index >= 15 is 0 Å². The minimum Gasteiger partial charge on any atom is -0.497 e. The van der Waals surface area contributed by atoms with Crippen LogP contribution in [-0.4, -0.2) is 81.4 Å². The molecule has 0 amide bonds. The van der Waals surface area contributed by atoms with E-state index in [1.165, 1.54) is 16.6 Å². The minimum absolute atomic E-state index is 0.0127. The molecule has 8 nitrogen and oxygen atoms in total. The van der Waals surface area contributed by atoms with Gasteiger partial charge in [-0.25, -0.2) is 4.79 Å². The highest BCUT2D eigenvalue weighted by Gasteiger charge is 2.49. The molecule has 0 unspecified atom stereocenters. The highest BCUT2D eigenvalue weighted by Crippen LogP contribution is 2.49. The van der Waals surface area contributed by atoms with Crippen molar-refractivity contribution in [2.75, 3.05) is 54.6 Å². The number of H-pyrrole nitrogens is 1. The first-order chi connectivity index (χ1) is 16.4. The van der Waals surface area contributed by atoms with Crippen LogP contribution in [0.1, 0.15) is 30.6 Å². The van der Waals surface area contributed by atoms with Gasteiger partial charge in [0.05, 0.1) is 20.3 Å². The van der Waals surface area contributed by atoms with Gasteiger partial charge >= 0.3 is 5.97 Å². The average Bonchev–Trinajstić information content (AvgIpc) is 3.20.